The van der Waals surface area contributed by atoms with E-state index in [1.54, 1.807) is 0 Å². The molecule has 1 aliphatic rings. The molecule has 2 atom stereocenters. The number of hydrogen-bond acceptors (Lipinski definition) is 2. The second-order valence-corrected chi connectivity index (χ2v) is 3.65. The maximum Gasteiger partial charge on any atom is 0.418 e. The number of nitrogens with one attached hydrogen (secondary N) is 1. The average Bonchev–Trinajstić information content (AvgIpc) is 2.04. The van der Waals surface area contributed by atoms with E-state index < -0.39 is 17.8 Å². The third-order valence-electron chi connectivity index (χ3n) is 2.56. The Bertz CT molecular complexity index is 173. The van der Waals surface area contributed by atoms with Crippen molar-refractivity contribution in [3.63, 3.8) is 0 Å². The fourth-order valence-electron chi connectivity index (χ4n) is 1.53. The van der Waals surface area contributed by atoms with E-state index in [1.165, 1.54) is 0 Å². The summed E-state index contributed by atoms with van der Waals surface area (Å²) >= 11 is 0. The summed E-state index contributed by atoms with van der Waals surface area (Å²) in [5, 5.41) is 12.0. The maximum atomic E-state index is 12.3. The van der Waals surface area contributed by atoms with Crippen molar-refractivity contribution in [3.8, 4) is 0 Å². The van der Waals surface area contributed by atoms with Crippen molar-refractivity contribution >= 4 is 0 Å². The lowest BCUT2D eigenvalue weighted by Crippen LogP contribution is -2.59. The fourth-order valence-corrected chi connectivity index (χ4v) is 1.53. The number of halogens is 3. The van der Waals surface area contributed by atoms with Crippen molar-refractivity contribution in [2.24, 2.45) is 0 Å². The van der Waals surface area contributed by atoms with Crippen LogP contribution in [-0.4, -0.2) is 29.5 Å². The summed E-state index contributed by atoms with van der Waals surface area (Å²) in [5.74, 6) is 0. The Balaban J connectivity index is 2.67. The number of piperidine rings is 1. The van der Waals surface area contributed by atoms with Gasteiger partial charge in [-0.25, -0.2) is 0 Å². The van der Waals surface area contributed by atoms with Gasteiger partial charge in [0.2, 0.25) is 0 Å². The summed E-state index contributed by atoms with van der Waals surface area (Å²) in [7, 11) is 0. The molecule has 0 amide bonds. The molecule has 0 saturated carbocycles. The molecule has 5 heteroatoms. The van der Waals surface area contributed by atoms with Gasteiger partial charge in [-0.2, -0.15) is 13.2 Å². The lowest BCUT2D eigenvalue weighted by Gasteiger charge is -2.37. The first kappa shape index (κ1) is 10.8. The summed E-state index contributed by atoms with van der Waals surface area (Å²) in [6.07, 6.45) is -2.55. The molecule has 0 aromatic rings. The molecule has 13 heavy (non-hydrogen) atoms. The number of alkyl halides is 3. The normalized spacial score (nSPS) is 29.8. The Kier molecular flexibility index (Phi) is 2.87. The highest BCUT2D eigenvalue weighted by Crippen LogP contribution is 2.35. The lowest BCUT2D eigenvalue weighted by atomic mass is 9.89. The van der Waals surface area contributed by atoms with Crippen LogP contribution in [0.3, 0.4) is 0 Å². The van der Waals surface area contributed by atoms with Gasteiger partial charge in [0, 0.05) is 6.04 Å². The highest BCUT2D eigenvalue weighted by molar-refractivity contribution is 4.95. The Morgan fingerprint density at radius 2 is 1.92 bits per heavy atom. The van der Waals surface area contributed by atoms with Gasteiger partial charge >= 0.3 is 6.18 Å². The molecule has 2 nitrogen and oxygen atoms in total. The van der Waals surface area contributed by atoms with Crippen molar-refractivity contribution in [2.75, 3.05) is 6.54 Å². The van der Waals surface area contributed by atoms with Crippen LogP contribution in [0, 0.1) is 0 Å². The van der Waals surface area contributed by atoms with Crippen molar-refractivity contribution in [1.82, 2.24) is 5.32 Å². The predicted octanol–water partition coefficient (Wildman–Crippen LogP) is 1.44. The van der Waals surface area contributed by atoms with Crippen molar-refractivity contribution in [1.29, 1.82) is 0 Å². The standard InChI is InChI=1S/C8H14F3NO/c1-7(13,8(9,10)11)6-4-2-3-5-12-6/h6,12-13H,2-5H2,1H3/t6-,7+/m0/s1. The molecule has 0 spiro atoms. The average molecular weight is 197 g/mol. The molecular weight excluding hydrogens is 183 g/mol. The molecule has 0 aromatic carbocycles. The number of aliphatic hydroxyl groups is 1. The monoisotopic (exact) mass is 197 g/mol. The molecular formula is C8H14F3NO. The van der Waals surface area contributed by atoms with Gasteiger partial charge in [0.15, 0.2) is 5.60 Å². The van der Waals surface area contributed by atoms with Crippen molar-refractivity contribution < 1.29 is 18.3 Å². The Morgan fingerprint density at radius 3 is 2.31 bits per heavy atom. The van der Waals surface area contributed by atoms with Crippen LogP contribution in [0.25, 0.3) is 0 Å². The van der Waals surface area contributed by atoms with Crippen LogP contribution in [0.4, 0.5) is 13.2 Å². The van der Waals surface area contributed by atoms with Crippen molar-refractivity contribution in [2.45, 2.75) is 44.0 Å². The van der Waals surface area contributed by atoms with Gasteiger partial charge in [-0.05, 0) is 26.3 Å². The Labute approximate surface area is 75.1 Å². The van der Waals surface area contributed by atoms with Crippen molar-refractivity contribution in [3.05, 3.63) is 0 Å². The Hall–Kier alpha value is -0.290. The summed E-state index contributed by atoms with van der Waals surface area (Å²) in [6.45, 7) is 1.38. The number of hydrogen-bond donors (Lipinski definition) is 2. The molecule has 0 aromatic heterocycles. The third kappa shape index (κ3) is 2.14. The summed E-state index contributed by atoms with van der Waals surface area (Å²) in [5.41, 5.74) is -2.60. The molecule has 78 valence electrons. The van der Waals surface area contributed by atoms with E-state index in [4.69, 9.17) is 0 Å². The van der Waals surface area contributed by atoms with Gasteiger partial charge in [0.1, 0.15) is 0 Å². The first-order valence-corrected chi connectivity index (χ1v) is 4.38. The lowest BCUT2D eigenvalue weighted by molar-refractivity contribution is -0.264. The van der Waals surface area contributed by atoms with Gasteiger partial charge in [-0.1, -0.05) is 6.42 Å². The third-order valence-corrected chi connectivity index (χ3v) is 2.56. The second kappa shape index (κ2) is 3.46. The topological polar surface area (TPSA) is 32.3 Å². The number of rotatable bonds is 1. The zero-order valence-electron chi connectivity index (χ0n) is 7.49. The van der Waals surface area contributed by atoms with Gasteiger partial charge in [-0.3, -0.25) is 0 Å². The minimum absolute atomic E-state index is 0.381. The van der Waals surface area contributed by atoms with Crippen LogP contribution in [0.2, 0.25) is 0 Å². The minimum Gasteiger partial charge on any atom is -0.379 e. The zero-order valence-corrected chi connectivity index (χ0v) is 7.49. The summed E-state index contributed by atoms with van der Waals surface area (Å²) in [6, 6.07) is -0.860. The van der Waals surface area contributed by atoms with E-state index in [0.717, 1.165) is 19.8 Å². The molecule has 0 bridgehead atoms. The van der Waals surface area contributed by atoms with Crippen LogP contribution >= 0.6 is 0 Å². The van der Waals surface area contributed by atoms with Crippen LogP contribution in [0.5, 0.6) is 0 Å². The molecule has 1 heterocycles. The molecule has 0 radical (unpaired) electrons. The molecule has 1 fully saturated rings. The van der Waals surface area contributed by atoms with Gasteiger partial charge in [0.05, 0.1) is 0 Å². The van der Waals surface area contributed by atoms with Crippen LogP contribution < -0.4 is 5.32 Å². The quantitative estimate of drug-likeness (QED) is 0.666. The minimum atomic E-state index is -4.55. The van der Waals surface area contributed by atoms with E-state index in [1.807, 2.05) is 0 Å². The van der Waals surface area contributed by atoms with Gasteiger partial charge in [0.25, 0.3) is 0 Å². The second-order valence-electron chi connectivity index (χ2n) is 3.65. The van der Waals surface area contributed by atoms with Crippen LogP contribution in [0.1, 0.15) is 26.2 Å². The van der Waals surface area contributed by atoms with E-state index >= 15 is 0 Å². The summed E-state index contributed by atoms with van der Waals surface area (Å²) < 4.78 is 37.0. The molecule has 1 rings (SSSR count). The first-order chi connectivity index (χ1) is 5.86. The predicted molar refractivity (Wildman–Crippen MR) is 42.3 cm³/mol. The molecule has 0 aliphatic carbocycles. The molecule has 1 saturated heterocycles. The van der Waals surface area contributed by atoms with E-state index in [2.05, 4.69) is 5.32 Å². The smallest absolute Gasteiger partial charge is 0.379 e. The van der Waals surface area contributed by atoms with E-state index in [-0.39, 0.29) is 0 Å². The fraction of sp³-hybridized carbons (Fsp3) is 1.00. The zero-order chi connectivity index (χ0) is 10.1. The Morgan fingerprint density at radius 1 is 1.31 bits per heavy atom. The van der Waals surface area contributed by atoms with Crippen LogP contribution in [-0.2, 0) is 0 Å². The SMILES string of the molecule is C[C@@](O)([C@@H]1CCCCN1)C(F)(F)F. The molecule has 1 aliphatic heterocycles. The van der Waals surface area contributed by atoms with E-state index in [0.29, 0.717) is 13.0 Å². The highest BCUT2D eigenvalue weighted by atomic mass is 19.4. The van der Waals surface area contributed by atoms with E-state index in [9.17, 15) is 18.3 Å². The largest absolute Gasteiger partial charge is 0.418 e. The molecule has 0 unspecified atom stereocenters. The van der Waals surface area contributed by atoms with Crippen LogP contribution in [0.15, 0.2) is 0 Å². The summed E-state index contributed by atoms with van der Waals surface area (Å²) in [4.78, 5) is 0. The maximum absolute atomic E-state index is 12.3. The van der Waals surface area contributed by atoms with Gasteiger partial charge in [-0.15, -0.1) is 0 Å². The molecule has 2 N–H and O–H groups in total. The highest BCUT2D eigenvalue weighted by Gasteiger charge is 2.54. The first-order valence-electron chi connectivity index (χ1n) is 4.38. The van der Waals surface area contributed by atoms with Gasteiger partial charge < -0.3 is 10.4 Å².